The maximum atomic E-state index is 8.73. The highest BCUT2D eigenvalue weighted by molar-refractivity contribution is 9.10. The number of rotatable bonds is 2. The van der Waals surface area contributed by atoms with E-state index < -0.39 is 0 Å². The van der Waals surface area contributed by atoms with E-state index in [0.717, 1.165) is 0 Å². The summed E-state index contributed by atoms with van der Waals surface area (Å²) >= 11 is 3.17. The first-order chi connectivity index (χ1) is 6.29. The summed E-state index contributed by atoms with van der Waals surface area (Å²) in [5, 5.41) is 8.73. The molecule has 5 heteroatoms. The lowest BCUT2D eigenvalue weighted by Crippen LogP contribution is -1.73. The molecule has 2 aromatic rings. The molecule has 13 heavy (non-hydrogen) atoms. The van der Waals surface area contributed by atoms with E-state index in [9.17, 15) is 0 Å². The number of nitrogens with zero attached hydrogens (tertiary/aromatic N) is 1. The lowest BCUT2D eigenvalue weighted by molar-refractivity contribution is 0.248. The molecule has 0 radical (unpaired) electrons. The van der Waals surface area contributed by atoms with Crippen LogP contribution < -0.4 is 0 Å². The lowest BCUT2D eigenvalue weighted by atomic mass is 10.4. The van der Waals surface area contributed by atoms with Crippen LogP contribution >= 0.6 is 15.9 Å². The number of hydrogen-bond donors (Lipinski definition) is 1. The molecule has 0 fully saturated rings. The standard InChI is InChI=1S/C8H6BrNO3/c9-7-2-1-6(13-7)8-10-3-5(4-11)12-8/h1-3,11H,4H2. The highest BCUT2D eigenvalue weighted by Gasteiger charge is 2.09. The molecule has 0 unspecified atom stereocenters. The van der Waals surface area contributed by atoms with Gasteiger partial charge in [-0.1, -0.05) is 0 Å². The van der Waals surface area contributed by atoms with Gasteiger partial charge in [0.05, 0.1) is 6.20 Å². The van der Waals surface area contributed by atoms with Gasteiger partial charge in [-0.15, -0.1) is 0 Å². The number of furan rings is 1. The predicted molar refractivity (Wildman–Crippen MR) is 47.8 cm³/mol. The van der Waals surface area contributed by atoms with Crippen molar-refractivity contribution in [3.63, 3.8) is 0 Å². The Hall–Kier alpha value is -1.07. The molecule has 2 heterocycles. The van der Waals surface area contributed by atoms with E-state index in [1.807, 2.05) is 0 Å². The molecular weight excluding hydrogens is 238 g/mol. The number of aliphatic hydroxyl groups is 1. The Balaban J connectivity index is 2.35. The average Bonchev–Trinajstić information content (AvgIpc) is 2.71. The zero-order valence-electron chi connectivity index (χ0n) is 6.53. The molecule has 0 aliphatic rings. The number of aromatic nitrogens is 1. The van der Waals surface area contributed by atoms with E-state index in [1.165, 1.54) is 6.20 Å². The van der Waals surface area contributed by atoms with Gasteiger partial charge < -0.3 is 13.9 Å². The van der Waals surface area contributed by atoms with Crippen LogP contribution in [0.5, 0.6) is 0 Å². The maximum Gasteiger partial charge on any atom is 0.263 e. The Labute approximate surface area is 82.3 Å². The minimum absolute atomic E-state index is 0.158. The summed E-state index contributed by atoms with van der Waals surface area (Å²) in [6.45, 7) is -0.158. The van der Waals surface area contributed by atoms with Gasteiger partial charge in [0.1, 0.15) is 12.4 Å². The minimum atomic E-state index is -0.158. The van der Waals surface area contributed by atoms with Crippen LogP contribution in [0.25, 0.3) is 11.7 Å². The SMILES string of the molecule is OCc1cnc(-c2ccc(Br)o2)o1. The van der Waals surface area contributed by atoms with Crippen molar-refractivity contribution in [1.82, 2.24) is 4.98 Å². The Bertz CT molecular complexity index is 407. The third kappa shape index (κ3) is 1.66. The number of aliphatic hydroxyl groups excluding tert-OH is 1. The van der Waals surface area contributed by atoms with E-state index >= 15 is 0 Å². The van der Waals surface area contributed by atoms with E-state index in [0.29, 0.717) is 22.1 Å². The number of oxazole rings is 1. The van der Waals surface area contributed by atoms with Crippen LogP contribution in [0.1, 0.15) is 5.76 Å². The molecule has 2 aromatic heterocycles. The van der Waals surface area contributed by atoms with E-state index in [4.69, 9.17) is 13.9 Å². The summed E-state index contributed by atoms with van der Waals surface area (Å²) in [6.07, 6.45) is 1.46. The van der Waals surface area contributed by atoms with Crippen molar-refractivity contribution < 1.29 is 13.9 Å². The Morgan fingerprint density at radius 1 is 1.38 bits per heavy atom. The summed E-state index contributed by atoms with van der Waals surface area (Å²) in [5.74, 6) is 1.32. The van der Waals surface area contributed by atoms with Gasteiger partial charge in [-0.2, -0.15) is 0 Å². The molecule has 0 aliphatic heterocycles. The molecule has 0 bridgehead atoms. The Kier molecular flexibility index (Phi) is 2.20. The van der Waals surface area contributed by atoms with Crippen molar-refractivity contribution in [2.75, 3.05) is 0 Å². The van der Waals surface area contributed by atoms with Crippen molar-refractivity contribution in [2.45, 2.75) is 6.61 Å². The molecule has 0 amide bonds. The van der Waals surface area contributed by atoms with Crippen LogP contribution in [-0.4, -0.2) is 10.1 Å². The minimum Gasteiger partial charge on any atom is -0.444 e. The fourth-order valence-corrected chi connectivity index (χ4v) is 1.23. The molecule has 68 valence electrons. The van der Waals surface area contributed by atoms with E-state index in [2.05, 4.69) is 20.9 Å². The van der Waals surface area contributed by atoms with E-state index in [-0.39, 0.29) is 6.61 Å². The first-order valence-corrected chi connectivity index (χ1v) is 4.40. The van der Waals surface area contributed by atoms with Crippen LogP contribution in [0, 0.1) is 0 Å². The largest absolute Gasteiger partial charge is 0.444 e. The molecule has 0 spiro atoms. The van der Waals surface area contributed by atoms with Crippen LogP contribution in [0.15, 0.2) is 31.8 Å². The second kappa shape index (κ2) is 3.35. The monoisotopic (exact) mass is 243 g/mol. The Morgan fingerprint density at radius 3 is 2.77 bits per heavy atom. The normalized spacial score (nSPS) is 10.6. The van der Waals surface area contributed by atoms with Crippen LogP contribution in [0.2, 0.25) is 0 Å². The van der Waals surface area contributed by atoms with Crippen molar-refractivity contribution >= 4 is 15.9 Å². The Morgan fingerprint density at radius 2 is 2.23 bits per heavy atom. The topological polar surface area (TPSA) is 59.4 Å². The summed E-state index contributed by atoms with van der Waals surface area (Å²) in [6, 6.07) is 3.48. The van der Waals surface area contributed by atoms with Crippen LogP contribution in [0.4, 0.5) is 0 Å². The predicted octanol–water partition coefficient (Wildman–Crippen LogP) is 2.19. The second-order valence-corrected chi connectivity index (χ2v) is 3.18. The van der Waals surface area contributed by atoms with Crippen LogP contribution in [-0.2, 0) is 6.61 Å². The van der Waals surface area contributed by atoms with Gasteiger partial charge in [-0.3, -0.25) is 0 Å². The molecular formula is C8H6BrNO3. The number of halogens is 1. The summed E-state index contributed by atoms with van der Waals surface area (Å²) in [7, 11) is 0. The van der Waals surface area contributed by atoms with Crippen LogP contribution in [0.3, 0.4) is 0 Å². The maximum absolute atomic E-state index is 8.73. The first-order valence-electron chi connectivity index (χ1n) is 3.61. The number of hydrogen-bond acceptors (Lipinski definition) is 4. The molecule has 0 saturated carbocycles. The van der Waals surface area contributed by atoms with Gasteiger partial charge in [0.25, 0.3) is 5.89 Å². The first kappa shape index (κ1) is 8.52. The van der Waals surface area contributed by atoms with Gasteiger partial charge in [-0.25, -0.2) is 4.98 Å². The van der Waals surface area contributed by atoms with Gasteiger partial charge in [0.15, 0.2) is 10.4 Å². The molecule has 2 rings (SSSR count). The van der Waals surface area contributed by atoms with Crippen molar-refractivity contribution in [1.29, 1.82) is 0 Å². The van der Waals surface area contributed by atoms with Gasteiger partial charge in [-0.05, 0) is 28.1 Å². The summed E-state index contributed by atoms with van der Waals surface area (Å²) in [4.78, 5) is 3.93. The van der Waals surface area contributed by atoms with Crippen molar-refractivity contribution in [3.05, 3.63) is 28.8 Å². The molecule has 4 nitrogen and oxygen atoms in total. The molecule has 0 aliphatic carbocycles. The van der Waals surface area contributed by atoms with Gasteiger partial charge in [0, 0.05) is 0 Å². The summed E-state index contributed by atoms with van der Waals surface area (Å²) < 4.78 is 11.0. The quantitative estimate of drug-likeness (QED) is 0.879. The highest BCUT2D eigenvalue weighted by atomic mass is 79.9. The van der Waals surface area contributed by atoms with Gasteiger partial charge in [0.2, 0.25) is 0 Å². The van der Waals surface area contributed by atoms with Gasteiger partial charge >= 0.3 is 0 Å². The molecule has 0 atom stereocenters. The molecule has 1 N–H and O–H groups in total. The third-order valence-electron chi connectivity index (χ3n) is 1.49. The third-order valence-corrected chi connectivity index (χ3v) is 1.92. The van der Waals surface area contributed by atoms with Crippen molar-refractivity contribution in [2.24, 2.45) is 0 Å². The zero-order valence-corrected chi connectivity index (χ0v) is 8.11. The summed E-state index contributed by atoms with van der Waals surface area (Å²) in [5.41, 5.74) is 0. The molecule has 0 aromatic carbocycles. The second-order valence-electron chi connectivity index (χ2n) is 2.39. The lowest BCUT2D eigenvalue weighted by Gasteiger charge is -1.87. The zero-order chi connectivity index (χ0) is 9.26. The fraction of sp³-hybridized carbons (Fsp3) is 0.125. The average molecular weight is 244 g/mol. The smallest absolute Gasteiger partial charge is 0.263 e. The van der Waals surface area contributed by atoms with E-state index in [1.54, 1.807) is 12.1 Å². The highest BCUT2D eigenvalue weighted by Crippen LogP contribution is 2.24. The fourth-order valence-electron chi connectivity index (χ4n) is 0.924. The van der Waals surface area contributed by atoms with Crippen molar-refractivity contribution in [3.8, 4) is 11.7 Å². The molecule has 0 saturated heterocycles.